The Bertz CT molecular complexity index is 134. The lowest BCUT2D eigenvalue weighted by Crippen LogP contribution is -2.29. The number of aliphatic carboxylic acids is 1. The van der Waals surface area contributed by atoms with Crippen LogP contribution < -0.4 is 0 Å². The van der Waals surface area contributed by atoms with E-state index in [9.17, 15) is 4.79 Å². The first-order valence-corrected chi connectivity index (χ1v) is 4.50. The molecule has 1 rings (SSSR count). The van der Waals surface area contributed by atoms with Crippen LogP contribution in [0.3, 0.4) is 0 Å². The van der Waals surface area contributed by atoms with Crippen molar-refractivity contribution in [3.05, 3.63) is 0 Å². The maximum Gasteiger partial charge on any atom is 0.308 e. The van der Waals surface area contributed by atoms with E-state index in [0.717, 1.165) is 6.42 Å². The number of hydrogen-bond donors (Lipinski definition) is 1. The highest BCUT2D eigenvalue weighted by Crippen LogP contribution is 2.18. The quantitative estimate of drug-likeness (QED) is 0.659. The Hall–Kier alpha value is -0.570. The van der Waals surface area contributed by atoms with Gasteiger partial charge in [0, 0.05) is 6.61 Å². The topological polar surface area (TPSA) is 46.5 Å². The van der Waals surface area contributed by atoms with Crippen LogP contribution in [0.1, 0.15) is 27.2 Å². The summed E-state index contributed by atoms with van der Waals surface area (Å²) in [5.41, 5.74) is 0. The molecule has 0 aromatic heterocycles. The number of carboxylic acid groups (broad SMARTS) is 1. The fraction of sp³-hybridized carbons (Fsp3) is 0.889. The SMILES string of the molecule is CC.CC1COCC(C(=O)O)C1. The van der Waals surface area contributed by atoms with Gasteiger partial charge in [0.1, 0.15) is 0 Å². The Kier molecular flexibility index (Phi) is 5.72. The van der Waals surface area contributed by atoms with Gasteiger partial charge >= 0.3 is 5.97 Å². The van der Waals surface area contributed by atoms with Crippen LogP contribution in [-0.4, -0.2) is 24.3 Å². The van der Waals surface area contributed by atoms with E-state index in [2.05, 4.69) is 0 Å². The van der Waals surface area contributed by atoms with E-state index >= 15 is 0 Å². The average Bonchev–Trinajstić information content (AvgIpc) is 2.08. The summed E-state index contributed by atoms with van der Waals surface area (Å²) in [7, 11) is 0. The second-order valence-corrected chi connectivity index (χ2v) is 2.91. The van der Waals surface area contributed by atoms with Crippen molar-refractivity contribution in [2.24, 2.45) is 11.8 Å². The van der Waals surface area contributed by atoms with Crippen LogP contribution in [0.5, 0.6) is 0 Å². The standard InChI is InChI=1S/C7H12O3.C2H6/c1-5-2-6(7(8)9)4-10-3-5;1-2/h5-6H,2-4H2,1H3,(H,8,9);1-2H3. The molecule has 1 saturated heterocycles. The number of rotatable bonds is 1. The monoisotopic (exact) mass is 174 g/mol. The summed E-state index contributed by atoms with van der Waals surface area (Å²) in [5.74, 6) is -0.606. The molecule has 0 aromatic carbocycles. The van der Waals surface area contributed by atoms with E-state index in [1.807, 2.05) is 20.8 Å². The highest BCUT2D eigenvalue weighted by molar-refractivity contribution is 5.70. The first kappa shape index (κ1) is 11.4. The largest absolute Gasteiger partial charge is 0.481 e. The Labute approximate surface area is 73.7 Å². The van der Waals surface area contributed by atoms with E-state index < -0.39 is 5.97 Å². The molecular weight excluding hydrogens is 156 g/mol. The zero-order chi connectivity index (χ0) is 9.56. The summed E-state index contributed by atoms with van der Waals surface area (Å²) in [6, 6.07) is 0. The van der Waals surface area contributed by atoms with Crippen molar-refractivity contribution in [2.45, 2.75) is 27.2 Å². The Balaban J connectivity index is 0.000000561. The van der Waals surface area contributed by atoms with Gasteiger partial charge < -0.3 is 9.84 Å². The van der Waals surface area contributed by atoms with Gasteiger partial charge in [-0.05, 0) is 12.3 Å². The van der Waals surface area contributed by atoms with Crippen LogP contribution in [0.25, 0.3) is 0 Å². The maximum atomic E-state index is 10.4. The summed E-state index contributed by atoms with van der Waals surface area (Å²) in [6.07, 6.45) is 0.759. The zero-order valence-electron chi connectivity index (χ0n) is 8.04. The van der Waals surface area contributed by atoms with E-state index in [4.69, 9.17) is 9.84 Å². The first-order valence-electron chi connectivity index (χ1n) is 4.50. The van der Waals surface area contributed by atoms with Crippen molar-refractivity contribution in [3.8, 4) is 0 Å². The molecule has 0 aromatic rings. The second-order valence-electron chi connectivity index (χ2n) is 2.91. The third kappa shape index (κ3) is 3.72. The minimum Gasteiger partial charge on any atom is -0.481 e. The summed E-state index contributed by atoms with van der Waals surface area (Å²) in [5, 5.41) is 8.58. The lowest BCUT2D eigenvalue weighted by atomic mass is 9.95. The van der Waals surface area contributed by atoms with Gasteiger partial charge in [-0.2, -0.15) is 0 Å². The van der Waals surface area contributed by atoms with Gasteiger partial charge in [0.25, 0.3) is 0 Å². The molecule has 72 valence electrons. The van der Waals surface area contributed by atoms with Crippen LogP contribution in [-0.2, 0) is 9.53 Å². The molecule has 0 saturated carbocycles. The highest BCUT2D eigenvalue weighted by atomic mass is 16.5. The molecule has 3 heteroatoms. The predicted octanol–water partition coefficient (Wildman–Crippen LogP) is 1.77. The van der Waals surface area contributed by atoms with Crippen molar-refractivity contribution in [2.75, 3.05) is 13.2 Å². The minimum atomic E-state index is -0.730. The summed E-state index contributed by atoms with van der Waals surface area (Å²) >= 11 is 0. The Morgan fingerprint density at radius 1 is 1.42 bits per heavy atom. The van der Waals surface area contributed by atoms with Gasteiger partial charge in [0.15, 0.2) is 0 Å². The van der Waals surface area contributed by atoms with Gasteiger partial charge in [0.05, 0.1) is 12.5 Å². The van der Waals surface area contributed by atoms with Gasteiger partial charge in [-0.3, -0.25) is 4.79 Å². The molecule has 1 aliphatic rings. The predicted molar refractivity (Wildman–Crippen MR) is 47.1 cm³/mol. The maximum absolute atomic E-state index is 10.4. The zero-order valence-corrected chi connectivity index (χ0v) is 8.04. The first-order chi connectivity index (χ1) is 5.70. The normalized spacial score (nSPS) is 28.6. The molecule has 0 aliphatic carbocycles. The molecule has 1 aliphatic heterocycles. The lowest BCUT2D eigenvalue weighted by molar-refractivity contribution is -0.147. The van der Waals surface area contributed by atoms with Crippen LogP contribution in [0.4, 0.5) is 0 Å². The molecule has 3 nitrogen and oxygen atoms in total. The van der Waals surface area contributed by atoms with E-state index in [0.29, 0.717) is 19.1 Å². The molecule has 1 heterocycles. The average molecular weight is 174 g/mol. The summed E-state index contributed by atoms with van der Waals surface area (Å²) in [4.78, 5) is 10.4. The van der Waals surface area contributed by atoms with Crippen LogP contribution in [0.2, 0.25) is 0 Å². The van der Waals surface area contributed by atoms with Crippen molar-refractivity contribution in [1.82, 2.24) is 0 Å². The lowest BCUT2D eigenvalue weighted by Gasteiger charge is -2.23. The van der Waals surface area contributed by atoms with Crippen molar-refractivity contribution >= 4 is 5.97 Å². The Morgan fingerprint density at radius 2 is 2.00 bits per heavy atom. The van der Waals surface area contributed by atoms with Crippen LogP contribution in [0, 0.1) is 11.8 Å². The molecule has 0 radical (unpaired) electrons. The number of hydrogen-bond acceptors (Lipinski definition) is 2. The van der Waals surface area contributed by atoms with E-state index in [1.165, 1.54) is 0 Å². The molecule has 0 bridgehead atoms. The molecule has 0 amide bonds. The Morgan fingerprint density at radius 3 is 2.33 bits per heavy atom. The van der Waals surface area contributed by atoms with Gasteiger partial charge in [0.2, 0.25) is 0 Å². The minimum absolute atomic E-state index is 0.274. The third-order valence-electron chi connectivity index (χ3n) is 1.76. The van der Waals surface area contributed by atoms with Gasteiger partial charge in [-0.1, -0.05) is 20.8 Å². The summed E-state index contributed by atoms with van der Waals surface area (Å²) < 4.78 is 5.07. The number of carboxylic acids is 1. The fourth-order valence-electron chi connectivity index (χ4n) is 1.21. The van der Waals surface area contributed by atoms with Crippen molar-refractivity contribution in [1.29, 1.82) is 0 Å². The van der Waals surface area contributed by atoms with Crippen LogP contribution >= 0.6 is 0 Å². The van der Waals surface area contributed by atoms with Gasteiger partial charge in [-0.25, -0.2) is 0 Å². The van der Waals surface area contributed by atoms with E-state index in [1.54, 1.807) is 0 Å². The molecule has 2 atom stereocenters. The van der Waals surface area contributed by atoms with Gasteiger partial charge in [-0.15, -0.1) is 0 Å². The van der Waals surface area contributed by atoms with Crippen LogP contribution in [0.15, 0.2) is 0 Å². The molecule has 12 heavy (non-hydrogen) atoms. The summed E-state index contributed by atoms with van der Waals surface area (Å²) in [6.45, 7) is 7.11. The third-order valence-corrected chi connectivity index (χ3v) is 1.76. The number of carbonyl (C=O) groups is 1. The highest BCUT2D eigenvalue weighted by Gasteiger charge is 2.24. The molecule has 2 unspecified atom stereocenters. The smallest absolute Gasteiger partial charge is 0.308 e. The van der Waals surface area contributed by atoms with Crippen molar-refractivity contribution < 1.29 is 14.6 Å². The molecule has 1 N–H and O–H groups in total. The molecular formula is C9H18O3. The molecule has 1 fully saturated rings. The second kappa shape index (κ2) is 6.00. The molecule has 0 spiro atoms. The number of ether oxygens (including phenoxy) is 1. The van der Waals surface area contributed by atoms with E-state index in [-0.39, 0.29) is 5.92 Å². The fourth-order valence-corrected chi connectivity index (χ4v) is 1.21. The van der Waals surface area contributed by atoms with Crippen molar-refractivity contribution in [3.63, 3.8) is 0 Å².